The van der Waals surface area contributed by atoms with Crippen LogP contribution in [0.3, 0.4) is 0 Å². The van der Waals surface area contributed by atoms with E-state index < -0.39 is 0 Å². The number of hydrogen-bond donors (Lipinski definition) is 0. The van der Waals surface area contributed by atoms with E-state index in [9.17, 15) is 0 Å². The van der Waals surface area contributed by atoms with Crippen molar-refractivity contribution in [3.8, 4) is 11.5 Å². The van der Waals surface area contributed by atoms with Crippen molar-refractivity contribution in [1.29, 1.82) is 0 Å². The summed E-state index contributed by atoms with van der Waals surface area (Å²) in [6, 6.07) is 12.4. The van der Waals surface area contributed by atoms with Crippen LogP contribution < -0.4 is 9.47 Å². The first-order chi connectivity index (χ1) is 11.4. The number of ether oxygens (including phenoxy) is 2. The molecule has 2 aromatic rings. The predicted molar refractivity (Wildman–Crippen MR) is 102 cm³/mol. The van der Waals surface area contributed by atoms with E-state index >= 15 is 0 Å². The number of rotatable bonds is 11. The first-order valence-electron chi connectivity index (χ1n) is 8.70. The molecule has 0 unspecified atom stereocenters. The molecule has 0 fully saturated rings. The van der Waals surface area contributed by atoms with E-state index in [1.165, 1.54) is 19.3 Å². The van der Waals surface area contributed by atoms with E-state index in [1.807, 2.05) is 12.1 Å². The van der Waals surface area contributed by atoms with Crippen LogP contribution in [0, 0.1) is 0 Å². The second-order valence-corrected chi connectivity index (χ2v) is 6.55. The lowest BCUT2D eigenvalue weighted by Gasteiger charge is -2.13. The summed E-state index contributed by atoms with van der Waals surface area (Å²) in [6.07, 6.45) is 7.09. The molecule has 0 atom stereocenters. The maximum atomic E-state index is 6.00. The molecular formula is C20H27BrO2. The molecule has 0 aliphatic heterocycles. The predicted octanol–water partition coefficient (Wildman–Crippen LogP) is 6.35. The largest absolute Gasteiger partial charge is 0.493 e. The van der Waals surface area contributed by atoms with Crippen LogP contribution >= 0.6 is 15.9 Å². The first kappa shape index (κ1) is 18.1. The minimum atomic E-state index is 0.757. The van der Waals surface area contributed by atoms with Gasteiger partial charge in [0.25, 0.3) is 0 Å². The number of benzene rings is 2. The fourth-order valence-corrected chi connectivity index (χ4v) is 2.98. The summed E-state index contributed by atoms with van der Waals surface area (Å²) in [5, 5.41) is 3.31. The molecule has 0 spiro atoms. The van der Waals surface area contributed by atoms with Crippen LogP contribution in [0.1, 0.15) is 45.4 Å². The fraction of sp³-hybridized carbons (Fsp3) is 0.500. The number of alkyl halides is 1. The molecule has 2 rings (SSSR count). The SMILES string of the molecule is CCCCCCOc1ccc(OCCCCBr)c2ccccc12. The van der Waals surface area contributed by atoms with Crippen molar-refractivity contribution < 1.29 is 9.47 Å². The Hall–Kier alpha value is -1.22. The molecule has 23 heavy (non-hydrogen) atoms. The van der Waals surface area contributed by atoms with Gasteiger partial charge in [0.15, 0.2) is 0 Å². The minimum Gasteiger partial charge on any atom is -0.493 e. The van der Waals surface area contributed by atoms with Crippen molar-refractivity contribution in [1.82, 2.24) is 0 Å². The molecule has 0 saturated heterocycles. The summed E-state index contributed by atoms with van der Waals surface area (Å²) >= 11 is 3.45. The van der Waals surface area contributed by atoms with Gasteiger partial charge in [0, 0.05) is 16.1 Å². The summed E-state index contributed by atoms with van der Waals surface area (Å²) in [5.41, 5.74) is 0. The Kier molecular flexibility index (Phi) is 8.30. The number of fused-ring (bicyclic) bond motifs is 1. The van der Waals surface area contributed by atoms with Crippen LogP contribution in [0.4, 0.5) is 0 Å². The average molecular weight is 379 g/mol. The normalized spacial score (nSPS) is 10.9. The number of halogens is 1. The smallest absolute Gasteiger partial charge is 0.127 e. The maximum absolute atomic E-state index is 6.00. The van der Waals surface area contributed by atoms with Crippen LogP contribution in [-0.2, 0) is 0 Å². The van der Waals surface area contributed by atoms with Gasteiger partial charge in [0.2, 0.25) is 0 Å². The van der Waals surface area contributed by atoms with E-state index in [2.05, 4.69) is 47.1 Å². The lowest BCUT2D eigenvalue weighted by Crippen LogP contribution is -2.00. The Labute approximate surface area is 148 Å². The highest BCUT2D eigenvalue weighted by Crippen LogP contribution is 2.33. The molecule has 2 aromatic carbocycles. The molecule has 0 radical (unpaired) electrons. The van der Waals surface area contributed by atoms with E-state index in [-0.39, 0.29) is 0 Å². The summed E-state index contributed by atoms with van der Waals surface area (Å²) < 4.78 is 12.0. The van der Waals surface area contributed by atoms with Gasteiger partial charge < -0.3 is 9.47 Å². The topological polar surface area (TPSA) is 18.5 Å². The van der Waals surface area contributed by atoms with Crippen molar-refractivity contribution in [2.24, 2.45) is 0 Å². The monoisotopic (exact) mass is 378 g/mol. The molecule has 2 nitrogen and oxygen atoms in total. The standard InChI is InChI=1S/C20H27BrO2/c1-2-3-4-8-15-22-19-12-13-20(23-16-9-7-14-21)18-11-6-5-10-17(18)19/h5-6,10-13H,2-4,7-9,14-16H2,1H3. The van der Waals surface area contributed by atoms with Gasteiger partial charge in [-0.1, -0.05) is 66.4 Å². The molecule has 0 saturated carbocycles. The summed E-state index contributed by atoms with van der Waals surface area (Å²) in [7, 11) is 0. The Bertz CT molecular complexity index is 583. The van der Waals surface area contributed by atoms with E-state index in [4.69, 9.17) is 9.47 Å². The molecule has 0 aliphatic carbocycles. The summed E-state index contributed by atoms with van der Waals surface area (Å²) in [4.78, 5) is 0. The van der Waals surface area contributed by atoms with Gasteiger partial charge in [-0.05, 0) is 31.4 Å². The zero-order chi connectivity index (χ0) is 16.3. The van der Waals surface area contributed by atoms with E-state index in [1.54, 1.807) is 0 Å². The Balaban J connectivity index is 2.02. The van der Waals surface area contributed by atoms with Crippen molar-refractivity contribution in [2.75, 3.05) is 18.5 Å². The number of unbranched alkanes of at least 4 members (excludes halogenated alkanes) is 4. The van der Waals surface area contributed by atoms with Gasteiger partial charge in [0.05, 0.1) is 13.2 Å². The Morgan fingerprint density at radius 1 is 0.739 bits per heavy atom. The lowest BCUT2D eigenvalue weighted by molar-refractivity contribution is 0.304. The summed E-state index contributed by atoms with van der Waals surface area (Å²) in [6.45, 7) is 3.77. The van der Waals surface area contributed by atoms with Crippen LogP contribution in [0.5, 0.6) is 11.5 Å². The van der Waals surface area contributed by atoms with Gasteiger partial charge in [-0.25, -0.2) is 0 Å². The molecule has 0 bridgehead atoms. The maximum Gasteiger partial charge on any atom is 0.127 e. The second kappa shape index (κ2) is 10.5. The molecule has 0 amide bonds. The third kappa shape index (κ3) is 5.72. The van der Waals surface area contributed by atoms with Gasteiger partial charge in [-0.2, -0.15) is 0 Å². The average Bonchev–Trinajstić information content (AvgIpc) is 2.59. The molecule has 126 valence electrons. The zero-order valence-electron chi connectivity index (χ0n) is 14.0. The zero-order valence-corrected chi connectivity index (χ0v) is 15.6. The molecule has 3 heteroatoms. The molecule has 0 aliphatic rings. The molecule has 0 N–H and O–H groups in total. The van der Waals surface area contributed by atoms with E-state index in [0.29, 0.717) is 0 Å². The van der Waals surface area contributed by atoms with Crippen LogP contribution in [-0.4, -0.2) is 18.5 Å². The Morgan fingerprint density at radius 2 is 1.30 bits per heavy atom. The van der Waals surface area contributed by atoms with Crippen molar-refractivity contribution >= 4 is 26.7 Å². The van der Waals surface area contributed by atoms with E-state index in [0.717, 1.165) is 60.1 Å². The number of hydrogen-bond acceptors (Lipinski definition) is 2. The molecule has 0 aromatic heterocycles. The van der Waals surface area contributed by atoms with Gasteiger partial charge in [-0.3, -0.25) is 0 Å². The van der Waals surface area contributed by atoms with Crippen molar-refractivity contribution in [3.63, 3.8) is 0 Å². The van der Waals surface area contributed by atoms with Gasteiger partial charge in [0.1, 0.15) is 11.5 Å². The Morgan fingerprint density at radius 3 is 1.83 bits per heavy atom. The van der Waals surface area contributed by atoms with Crippen molar-refractivity contribution in [3.05, 3.63) is 36.4 Å². The van der Waals surface area contributed by atoms with Crippen molar-refractivity contribution in [2.45, 2.75) is 45.4 Å². The highest BCUT2D eigenvalue weighted by molar-refractivity contribution is 9.09. The third-order valence-corrected chi connectivity index (χ3v) is 4.45. The third-order valence-electron chi connectivity index (χ3n) is 3.89. The lowest BCUT2D eigenvalue weighted by atomic mass is 10.1. The van der Waals surface area contributed by atoms with Gasteiger partial charge >= 0.3 is 0 Å². The fourth-order valence-electron chi connectivity index (χ4n) is 2.59. The highest BCUT2D eigenvalue weighted by atomic mass is 79.9. The quantitative estimate of drug-likeness (QED) is 0.334. The minimum absolute atomic E-state index is 0.757. The second-order valence-electron chi connectivity index (χ2n) is 5.76. The summed E-state index contributed by atoms with van der Waals surface area (Å²) in [5.74, 6) is 1.92. The van der Waals surface area contributed by atoms with Crippen LogP contribution in [0.2, 0.25) is 0 Å². The first-order valence-corrected chi connectivity index (χ1v) is 9.82. The van der Waals surface area contributed by atoms with Crippen LogP contribution in [0.25, 0.3) is 10.8 Å². The van der Waals surface area contributed by atoms with Gasteiger partial charge in [-0.15, -0.1) is 0 Å². The highest BCUT2D eigenvalue weighted by Gasteiger charge is 2.07. The molecule has 0 heterocycles. The molecular weight excluding hydrogens is 352 g/mol. The van der Waals surface area contributed by atoms with Crippen LogP contribution in [0.15, 0.2) is 36.4 Å².